The minimum absolute atomic E-state index is 0.220. The fourth-order valence-electron chi connectivity index (χ4n) is 2.22. The lowest BCUT2D eigenvalue weighted by molar-refractivity contribution is 0.301. The molecule has 0 fully saturated rings. The number of aryl methyl sites for hydroxylation is 1. The molecule has 1 heterocycles. The van der Waals surface area contributed by atoms with E-state index in [1.807, 2.05) is 25.1 Å². The van der Waals surface area contributed by atoms with Gasteiger partial charge in [-0.3, -0.25) is 9.71 Å². The minimum atomic E-state index is -3.63. The highest BCUT2D eigenvalue weighted by molar-refractivity contribution is 7.92. The lowest BCUT2D eigenvalue weighted by atomic mass is 10.2. The number of rotatable bonds is 6. The van der Waals surface area contributed by atoms with Crippen molar-refractivity contribution in [1.29, 1.82) is 0 Å². The van der Waals surface area contributed by atoms with Crippen LogP contribution in [0.1, 0.15) is 11.3 Å². The SMILES string of the molecule is Cc1ccc(S(=O)(=O)Nc2cccc(OCc3ccccn3)c2)cc1. The molecule has 3 aromatic rings. The van der Waals surface area contributed by atoms with Crippen LogP contribution in [-0.2, 0) is 16.6 Å². The van der Waals surface area contributed by atoms with Gasteiger partial charge in [-0.25, -0.2) is 8.42 Å². The highest BCUT2D eigenvalue weighted by atomic mass is 32.2. The van der Waals surface area contributed by atoms with Crippen LogP contribution in [0.15, 0.2) is 77.8 Å². The summed E-state index contributed by atoms with van der Waals surface area (Å²) in [4.78, 5) is 4.41. The molecule has 0 radical (unpaired) electrons. The van der Waals surface area contributed by atoms with Crippen molar-refractivity contribution < 1.29 is 13.2 Å². The second-order valence-corrected chi connectivity index (χ2v) is 7.24. The molecule has 0 aliphatic rings. The number of aromatic nitrogens is 1. The van der Waals surface area contributed by atoms with E-state index in [-0.39, 0.29) is 4.90 Å². The van der Waals surface area contributed by atoms with Crippen molar-refractivity contribution >= 4 is 15.7 Å². The Morgan fingerprint density at radius 1 is 1.00 bits per heavy atom. The molecule has 2 aromatic carbocycles. The largest absolute Gasteiger partial charge is 0.487 e. The second-order valence-electron chi connectivity index (χ2n) is 5.56. The molecular weight excluding hydrogens is 336 g/mol. The van der Waals surface area contributed by atoms with Gasteiger partial charge in [0.05, 0.1) is 16.3 Å². The first-order valence-corrected chi connectivity index (χ1v) is 9.23. The van der Waals surface area contributed by atoms with E-state index in [4.69, 9.17) is 4.74 Å². The summed E-state index contributed by atoms with van der Waals surface area (Å²) in [6, 6.07) is 19.1. The van der Waals surface area contributed by atoms with Gasteiger partial charge < -0.3 is 4.74 Å². The first kappa shape index (κ1) is 17.0. The maximum absolute atomic E-state index is 12.4. The highest BCUT2D eigenvalue weighted by Gasteiger charge is 2.14. The van der Waals surface area contributed by atoms with E-state index in [1.54, 1.807) is 54.7 Å². The summed E-state index contributed by atoms with van der Waals surface area (Å²) >= 11 is 0. The van der Waals surface area contributed by atoms with Gasteiger partial charge in [0, 0.05) is 12.3 Å². The molecule has 0 bridgehead atoms. The molecule has 0 aliphatic heterocycles. The van der Waals surface area contributed by atoms with Crippen molar-refractivity contribution in [2.24, 2.45) is 0 Å². The van der Waals surface area contributed by atoms with Crippen LogP contribution in [0.25, 0.3) is 0 Å². The molecule has 0 atom stereocenters. The lowest BCUT2D eigenvalue weighted by Crippen LogP contribution is -2.12. The maximum Gasteiger partial charge on any atom is 0.261 e. The Bertz CT molecular complexity index is 940. The monoisotopic (exact) mass is 354 g/mol. The Hall–Kier alpha value is -2.86. The zero-order valence-corrected chi connectivity index (χ0v) is 14.5. The molecule has 5 nitrogen and oxygen atoms in total. The number of anilines is 1. The summed E-state index contributed by atoms with van der Waals surface area (Å²) in [5.41, 5.74) is 2.25. The number of hydrogen-bond acceptors (Lipinski definition) is 4. The van der Waals surface area contributed by atoms with Gasteiger partial charge in [0.1, 0.15) is 12.4 Å². The highest BCUT2D eigenvalue weighted by Crippen LogP contribution is 2.21. The summed E-state index contributed by atoms with van der Waals surface area (Å²) in [6.45, 7) is 2.22. The number of pyridine rings is 1. The van der Waals surface area contributed by atoms with Crippen LogP contribution in [0.2, 0.25) is 0 Å². The minimum Gasteiger partial charge on any atom is -0.487 e. The van der Waals surface area contributed by atoms with Gasteiger partial charge in [0.25, 0.3) is 10.0 Å². The average Bonchev–Trinajstić information content (AvgIpc) is 2.61. The second kappa shape index (κ2) is 7.36. The Morgan fingerprint density at radius 3 is 2.52 bits per heavy atom. The van der Waals surface area contributed by atoms with Gasteiger partial charge in [-0.1, -0.05) is 29.8 Å². The van der Waals surface area contributed by atoms with Crippen molar-refractivity contribution in [2.75, 3.05) is 4.72 Å². The van der Waals surface area contributed by atoms with Crippen molar-refractivity contribution in [1.82, 2.24) is 4.98 Å². The summed E-state index contributed by atoms with van der Waals surface area (Å²) in [7, 11) is -3.63. The number of sulfonamides is 1. The first-order valence-electron chi connectivity index (χ1n) is 7.75. The van der Waals surface area contributed by atoms with E-state index in [2.05, 4.69) is 9.71 Å². The molecule has 0 saturated carbocycles. The average molecular weight is 354 g/mol. The predicted octanol–water partition coefficient (Wildman–Crippen LogP) is 3.77. The van der Waals surface area contributed by atoms with E-state index < -0.39 is 10.0 Å². The number of nitrogens with zero attached hydrogens (tertiary/aromatic N) is 1. The summed E-state index contributed by atoms with van der Waals surface area (Å²) < 4.78 is 33.1. The molecule has 0 unspecified atom stereocenters. The molecule has 0 saturated heterocycles. The molecular formula is C19H18N2O3S. The van der Waals surface area contributed by atoms with Gasteiger partial charge in [0.15, 0.2) is 0 Å². The van der Waals surface area contributed by atoms with Gasteiger partial charge in [0.2, 0.25) is 0 Å². The molecule has 0 spiro atoms. The first-order chi connectivity index (χ1) is 12.0. The van der Waals surface area contributed by atoms with Crippen molar-refractivity contribution in [3.63, 3.8) is 0 Å². The van der Waals surface area contributed by atoms with Gasteiger partial charge >= 0.3 is 0 Å². The van der Waals surface area contributed by atoms with Crippen molar-refractivity contribution in [2.45, 2.75) is 18.4 Å². The van der Waals surface area contributed by atoms with Crippen LogP contribution in [0, 0.1) is 6.92 Å². The van der Waals surface area contributed by atoms with Crippen LogP contribution >= 0.6 is 0 Å². The fraction of sp³-hybridized carbons (Fsp3) is 0.105. The number of nitrogens with one attached hydrogen (secondary N) is 1. The van der Waals surface area contributed by atoms with Gasteiger partial charge in [-0.2, -0.15) is 0 Å². The normalized spacial score (nSPS) is 11.1. The Balaban J connectivity index is 1.72. The Kier molecular flexibility index (Phi) is 5.00. The summed E-state index contributed by atoms with van der Waals surface area (Å²) in [5.74, 6) is 0.565. The maximum atomic E-state index is 12.4. The van der Waals surface area contributed by atoms with E-state index in [0.29, 0.717) is 18.0 Å². The van der Waals surface area contributed by atoms with Gasteiger partial charge in [-0.05, 0) is 43.3 Å². The molecule has 0 amide bonds. The predicted molar refractivity (Wildman–Crippen MR) is 97.0 cm³/mol. The van der Waals surface area contributed by atoms with Crippen molar-refractivity contribution in [3.8, 4) is 5.75 Å². The van der Waals surface area contributed by atoms with E-state index >= 15 is 0 Å². The number of hydrogen-bond donors (Lipinski definition) is 1. The number of benzene rings is 2. The summed E-state index contributed by atoms with van der Waals surface area (Å²) in [5, 5.41) is 0. The van der Waals surface area contributed by atoms with Crippen LogP contribution in [0.5, 0.6) is 5.75 Å². The van der Waals surface area contributed by atoms with Crippen LogP contribution in [0.3, 0.4) is 0 Å². The quantitative estimate of drug-likeness (QED) is 0.732. The van der Waals surface area contributed by atoms with Crippen molar-refractivity contribution in [3.05, 3.63) is 84.2 Å². The third kappa shape index (κ3) is 4.58. The standard InChI is InChI=1S/C19H18N2O3S/c1-15-8-10-19(11-9-15)25(22,23)21-16-6-4-7-18(13-16)24-14-17-5-2-3-12-20-17/h2-13,21H,14H2,1H3. The molecule has 6 heteroatoms. The molecule has 1 N–H and O–H groups in total. The molecule has 1 aromatic heterocycles. The molecule has 25 heavy (non-hydrogen) atoms. The smallest absolute Gasteiger partial charge is 0.261 e. The molecule has 3 rings (SSSR count). The zero-order chi connectivity index (χ0) is 17.7. The Labute approximate surface area is 147 Å². The molecule has 128 valence electrons. The third-order valence-corrected chi connectivity index (χ3v) is 4.93. The topological polar surface area (TPSA) is 68.3 Å². The van der Waals surface area contributed by atoms with E-state index in [9.17, 15) is 8.42 Å². The number of ether oxygens (including phenoxy) is 1. The lowest BCUT2D eigenvalue weighted by Gasteiger charge is -2.10. The van der Waals surface area contributed by atoms with E-state index in [1.165, 1.54) is 0 Å². The Morgan fingerprint density at radius 2 is 1.80 bits per heavy atom. The molecule has 0 aliphatic carbocycles. The third-order valence-electron chi connectivity index (χ3n) is 3.53. The van der Waals surface area contributed by atoms with Crippen LogP contribution in [0.4, 0.5) is 5.69 Å². The van der Waals surface area contributed by atoms with Crippen LogP contribution in [-0.4, -0.2) is 13.4 Å². The van der Waals surface area contributed by atoms with E-state index in [0.717, 1.165) is 11.3 Å². The van der Waals surface area contributed by atoms with Gasteiger partial charge in [-0.15, -0.1) is 0 Å². The zero-order valence-electron chi connectivity index (χ0n) is 13.7. The van der Waals surface area contributed by atoms with Crippen LogP contribution < -0.4 is 9.46 Å². The summed E-state index contributed by atoms with van der Waals surface area (Å²) in [6.07, 6.45) is 1.70. The fourth-order valence-corrected chi connectivity index (χ4v) is 3.27.